The Morgan fingerprint density at radius 3 is 2.42 bits per heavy atom. The molecule has 66 heavy (non-hydrogen) atoms. The first-order valence-corrected chi connectivity index (χ1v) is 25.2. The minimum atomic E-state index is -0.911. The van der Waals surface area contributed by atoms with Gasteiger partial charge in [-0.15, -0.1) is 11.3 Å². The van der Waals surface area contributed by atoms with E-state index in [9.17, 15) is 9.90 Å². The average molecular weight is 932 g/mol. The van der Waals surface area contributed by atoms with Gasteiger partial charge in [0.1, 0.15) is 18.8 Å². The molecule has 352 valence electrons. The number of pyridine rings is 1. The number of allylic oxidation sites excluding steroid dienone is 1. The number of carbonyl (C=O) groups excluding carboxylic acids is 1. The van der Waals surface area contributed by atoms with Gasteiger partial charge >= 0.3 is 0 Å². The van der Waals surface area contributed by atoms with Crippen molar-refractivity contribution in [3.63, 3.8) is 0 Å². The SMILES string of the molecule is C=[N+](C)C=C(C=CC)C(O)Nc1ccc(C(C)CCc2cnc(CC(CC)CCN(CCC)c3cc(C(C)C)ccc3NC(=O)c3cccnc3)s2)cc1N1CCN(c2nsc(C)n2)CC1. The number of amides is 1. The van der Waals surface area contributed by atoms with E-state index >= 15 is 0 Å². The van der Waals surface area contributed by atoms with Crippen molar-refractivity contribution in [1.29, 1.82) is 0 Å². The molecule has 3 aromatic heterocycles. The quantitative estimate of drug-likeness (QED) is 0.0252. The van der Waals surface area contributed by atoms with Crippen molar-refractivity contribution in [3.8, 4) is 0 Å². The molecule has 5 aromatic rings. The zero-order valence-corrected chi connectivity index (χ0v) is 42.0. The zero-order valence-electron chi connectivity index (χ0n) is 40.3. The number of rotatable bonds is 23. The van der Waals surface area contributed by atoms with Gasteiger partial charge in [0.15, 0.2) is 12.4 Å². The number of hydrogen-bond donors (Lipinski definition) is 3. The Hall–Kier alpha value is -5.44. The predicted molar refractivity (Wildman–Crippen MR) is 278 cm³/mol. The fourth-order valence-corrected chi connectivity index (χ4v) is 9.94. The van der Waals surface area contributed by atoms with Crippen LogP contribution in [0.25, 0.3) is 0 Å². The number of benzene rings is 2. The Labute approximate surface area is 401 Å². The molecule has 0 saturated carbocycles. The molecule has 3 N–H and O–H groups in total. The summed E-state index contributed by atoms with van der Waals surface area (Å²) in [6.45, 7) is 24.2. The zero-order chi connectivity index (χ0) is 47.2. The summed E-state index contributed by atoms with van der Waals surface area (Å²) < 4.78 is 6.27. The average Bonchev–Trinajstić information content (AvgIpc) is 3.97. The number of anilines is 5. The highest BCUT2D eigenvalue weighted by Crippen LogP contribution is 2.35. The first-order chi connectivity index (χ1) is 31.8. The van der Waals surface area contributed by atoms with Gasteiger partial charge in [-0.25, -0.2) is 14.5 Å². The summed E-state index contributed by atoms with van der Waals surface area (Å²) >= 11 is 3.30. The molecule has 6 rings (SSSR count). The van der Waals surface area contributed by atoms with Crippen LogP contribution in [0.1, 0.15) is 115 Å². The lowest BCUT2D eigenvalue weighted by atomic mass is 9.94. The molecule has 0 aliphatic carbocycles. The number of aliphatic hydroxyl groups is 1. The summed E-state index contributed by atoms with van der Waals surface area (Å²) in [5.41, 5.74) is 7.69. The number of nitrogens with one attached hydrogen (secondary N) is 2. The van der Waals surface area contributed by atoms with Crippen LogP contribution >= 0.6 is 22.9 Å². The molecule has 0 spiro atoms. The van der Waals surface area contributed by atoms with E-state index < -0.39 is 6.23 Å². The number of aryl methyl sites for hydroxylation is 2. The first kappa shape index (κ1) is 50.0. The molecule has 0 radical (unpaired) electrons. The highest BCUT2D eigenvalue weighted by Gasteiger charge is 2.25. The van der Waals surface area contributed by atoms with Crippen LogP contribution in [0.4, 0.5) is 28.7 Å². The molecule has 4 heterocycles. The van der Waals surface area contributed by atoms with Crippen LogP contribution < -0.4 is 25.3 Å². The minimum absolute atomic E-state index is 0.152. The summed E-state index contributed by atoms with van der Waals surface area (Å²) in [5, 5.41) is 20.2. The van der Waals surface area contributed by atoms with Gasteiger partial charge < -0.3 is 30.4 Å². The van der Waals surface area contributed by atoms with E-state index in [2.05, 4.69) is 124 Å². The van der Waals surface area contributed by atoms with Gasteiger partial charge in [0.2, 0.25) is 5.95 Å². The standard InChI is InChI=1S/C52H70N10O2S2/c1-10-14-43(35-59(8)9)51(64)57-46-21-18-41(32-48(46)61-26-28-62(29-27-61)52-55-38(7)66-58-52)37(6)16-19-44-34-54-49(65-44)30-39(12-3)22-25-60(24-11-2)47-31-40(36(4)5)17-20-45(47)56-50(63)42-15-13-23-53-33-42/h10,13-15,17-18,20-21,23,31-37,39,51,57,64H,8,11-12,16,19,22,24-30H2,1-7,9H3/p+1. The molecule has 1 aliphatic heterocycles. The number of aliphatic hydroxyl groups excluding tert-OH is 1. The molecule has 1 saturated heterocycles. The summed E-state index contributed by atoms with van der Waals surface area (Å²) in [4.78, 5) is 35.5. The molecule has 1 fully saturated rings. The number of hydrogen-bond acceptors (Lipinski definition) is 12. The lowest BCUT2D eigenvalue weighted by molar-refractivity contribution is -0.413. The number of nitrogens with zero attached hydrogens (tertiary/aromatic N) is 8. The summed E-state index contributed by atoms with van der Waals surface area (Å²) in [6.07, 6.45) is 16.2. The largest absolute Gasteiger partial charge is 0.370 e. The second-order valence-corrected chi connectivity index (χ2v) is 20.0. The Kier molecular flexibility index (Phi) is 18.5. The Morgan fingerprint density at radius 1 is 1.00 bits per heavy atom. The molecule has 2 aromatic carbocycles. The van der Waals surface area contributed by atoms with Gasteiger partial charge in [-0.1, -0.05) is 65.3 Å². The lowest BCUT2D eigenvalue weighted by Gasteiger charge is -2.37. The van der Waals surface area contributed by atoms with Gasteiger partial charge in [-0.2, -0.15) is 4.37 Å². The maximum atomic E-state index is 13.3. The fourth-order valence-electron chi connectivity index (χ4n) is 8.39. The second kappa shape index (κ2) is 24.4. The molecule has 14 heteroatoms. The third-order valence-electron chi connectivity index (χ3n) is 12.3. The lowest BCUT2D eigenvalue weighted by Crippen LogP contribution is -2.47. The Morgan fingerprint density at radius 2 is 1.76 bits per heavy atom. The predicted octanol–water partition coefficient (Wildman–Crippen LogP) is 10.5. The molecule has 3 unspecified atom stereocenters. The smallest absolute Gasteiger partial charge is 0.257 e. The number of carbonyl (C=O) groups is 1. The summed E-state index contributed by atoms with van der Waals surface area (Å²) in [5.74, 6) is 1.83. The van der Waals surface area contributed by atoms with Gasteiger partial charge in [0.05, 0.1) is 38.9 Å². The van der Waals surface area contributed by atoms with Crippen molar-refractivity contribution in [2.24, 2.45) is 5.92 Å². The highest BCUT2D eigenvalue weighted by atomic mass is 32.1. The van der Waals surface area contributed by atoms with Crippen LogP contribution in [0.2, 0.25) is 0 Å². The number of piperazine rings is 1. The van der Waals surface area contributed by atoms with E-state index in [0.29, 0.717) is 23.3 Å². The fraction of sp³-hybridized carbons (Fsp3) is 0.462. The normalized spacial score (nSPS) is 14.7. The van der Waals surface area contributed by atoms with Crippen molar-refractivity contribution >= 4 is 64.2 Å². The topological polar surface area (TPSA) is 126 Å². The van der Waals surface area contributed by atoms with Crippen LogP contribution in [0.3, 0.4) is 0 Å². The molecule has 1 aliphatic rings. The summed E-state index contributed by atoms with van der Waals surface area (Å²) in [7, 11) is 1.86. The molecular weight excluding hydrogens is 861 g/mol. The monoisotopic (exact) mass is 932 g/mol. The van der Waals surface area contributed by atoms with Crippen LogP contribution in [-0.4, -0.2) is 94.2 Å². The van der Waals surface area contributed by atoms with Crippen molar-refractivity contribution in [2.45, 2.75) is 105 Å². The summed E-state index contributed by atoms with van der Waals surface area (Å²) in [6, 6.07) is 16.7. The van der Waals surface area contributed by atoms with Gasteiger partial charge in [-0.3, -0.25) is 9.78 Å². The van der Waals surface area contributed by atoms with E-state index in [1.54, 1.807) is 29.1 Å². The van der Waals surface area contributed by atoms with Crippen molar-refractivity contribution in [2.75, 3.05) is 71.6 Å². The Balaban J connectivity index is 1.11. The third kappa shape index (κ3) is 13.8. The van der Waals surface area contributed by atoms with E-state index in [1.807, 2.05) is 50.6 Å². The maximum Gasteiger partial charge on any atom is 0.257 e. The number of aromatic nitrogens is 4. The van der Waals surface area contributed by atoms with Crippen LogP contribution in [0.15, 0.2) is 91.0 Å². The van der Waals surface area contributed by atoms with E-state index in [4.69, 9.17) is 4.98 Å². The number of thiazole rings is 1. The molecule has 0 bridgehead atoms. The third-order valence-corrected chi connectivity index (χ3v) is 14.0. The van der Waals surface area contributed by atoms with E-state index in [-0.39, 0.29) is 5.91 Å². The van der Waals surface area contributed by atoms with Crippen LogP contribution in [0.5, 0.6) is 0 Å². The van der Waals surface area contributed by atoms with Crippen LogP contribution in [-0.2, 0) is 12.8 Å². The second-order valence-electron chi connectivity index (χ2n) is 17.8. The van der Waals surface area contributed by atoms with E-state index in [1.165, 1.54) is 32.5 Å². The van der Waals surface area contributed by atoms with Crippen molar-refractivity contribution < 1.29 is 14.5 Å². The van der Waals surface area contributed by atoms with Crippen molar-refractivity contribution in [3.05, 3.63) is 123 Å². The van der Waals surface area contributed by atoms with Gasteiger partial charge in [0, 0.05) is 69.2 Å². The molecule has 1 amide bonds. The molecular formula is C52H71N10O2S2+. The highest BCUT2D eigenvalue weighted by molar-refractivity contribution is 7.11. The van der Waals surface area contributed by atoms with Gasteiger partial charge in [-0.05, 0) is 116 Å². The first-order valence-electron chi connectivity index (χ1n) is 23.7. The van der Waals surface area contributed by atoms with Crippen molar-refractivity contribution in [1.82, 2.24) is 19.3 Å². The maximum absolute atomic E-state index is 13.3. The van der Waals surface area contributed by atoms with E-state index in [0.717, 1.165) is 117 Å². The molecule has 3 atom stereocenters. The molecule has 12 nitrogen and oxygen atoms in total. The van der Waals surface area contributed by atoms with Gasteiger partial charge in [0.25, 0.3) is 5.91 Å². The minimum Gasteiger partial charge on any atom is -0.370 e. The Bertz CT molecular complexity index is 2400. The van der Waals surface area contributed by atoms with Crippen LogP contribution in [0, 0.1) is 12.8 Å².